The van der Waals surface area contributed by atoms with Gasteiger partial charge in [-0.25, -0.2) is 0 Å². The lowest BCUT2D eigenvalue weighted by Crippen LogP contribution is -2.43. The van der Waals surface area contributed by atoms with E-state index in [4.69, 9.17) is 9.47 Å². The van der Waals surface area contributed by atoms with Gasteiger partial charge in [-0.1, -0.05) is 6.92 Å². The van der Waals surface area contributed by atoms with Crippen LogP contribution >= 0.6 is 0 Å². The summed E-state index contributed by atoms with van der Waals surface area (Å²) in [5, 5.41) is 0. The highest BCUT2D eigenvalue weighted by Gasteiger charge is 2.18. The molecule has 0 bridgehead atoms. The second kappa shape index (κ2) is 8.10. The van der Waals surface area contributed by atoms with Gasteiger partial charge in [0, 0.05) is 39.3 Å². The maximum atomic E-state index is 5.57. The van der Waals surface area contributed by atoms with Crippen molar-refractivity contribution in [1.82, 2.24) is 9.80 Å². The first-order chi connectivity index (χ1) is 8.88. The molecule has 0 spiro atoms. The van der Waals surface area contributed by atoms with Crippen LogP contribution in [0, 0.1) is 5.92 Å². The van der Waals surface area contributed by atoms with Gasteiger partial charge in [-0.15, -0.1) is 0 Å². The van der Waals surface area contributed by atoms with Gasteiger partial charge in [0.25, 0.3) is 0 Å². The molecule has 2 aliphatic rings. The molecule has 0 saturated carbocycles. The molecule has 2 aliphatic heterocycles. The van der Waals surface area contributed by atoms with Crippen LogP contribution in [0.2, 0.25) is 0 Å². The van der Waals surface area contributed by atoms with Crippen LogP contribution in [-0.4, -0.2) is 75.5 Å². The Labute approximate surface area is 111 Å². The fraction of sp³-hybridized carbons (Fsp3) is 1.00. The second-order valence-electron chi connectivity index (χ2n) is 5.43. The van der Waals surface area contributed by atoms with E-state index in [1.807, 2.05) is 0 Å². The van der Waals surface area contributed by atoms with Crippen LogP contribution in [0.5, 0.6) is 0 Å². The van der Waals surface area contributed by atoms with Crippen LogP contribution in [0.3, 0.4) is 0 Å². The summed E-state index contributed by atoms with van der Waals surface area (Å²) in [4.78, 5) is 5.10. The standard InChI is InChI=1S/C14H28N2O2/c1-2-15(12-14-4-3-9-18-13-14)5-6-16-7-10-17-11-8-16/h14H,2-13H2,1H3. The molecule has 0 amide bonds. The van der Waals surface area contributed by atoms with Gasteiger partial charge in [-0.05, 0) is 25.3 Å². The number of ether oxygens (including phenoxy) is 2. The van der Waals surface area contributed by atoms with Crippen LogP contribution < -0.4 is 0 Å². The Kier molecular flexibility index (Phi) is 6.41. The SMILES string of the molecule is CCN(CCN1CCOCC1)CC1CCCOC1. The quantitative estimate of drug-likeness (QED) is 0.710. The number of rotatable bonds is 6. The lowest BCUT2D eigenvalue weighted by Gasteiger charge is -2.32. The fourth-order valence-corrected chi connectivity index (χ4v) is 2.80. The zero-order chi connectivity index (χ0) is 12.6. The van der Waals surface area contributed by atoms with E-state index >= 15 is 0 Å². The fourth-order valence-electron chi connectivity index (χ4n) is 2.80. The van der Waals surface area contributed by atoms with Gasteiger partial charge in [0.2, 0.25) is 0 Å². The number of hydrogen-bond donors (Lipinski definition) is 0. The van der Waals surface area contributed by atoms with Crippen molar-refractivity contribution >= 4 is 0 Å². The average molecular weight is 256 g/mol. The van der Waals surface area contributed by atoms with E-state index in [1.165, 1.54) is 32.5 Å². The van der Waals surface area contributed by atoms with Crippen LogP contribution in [-0.2, 0) is 9.47 Å². The average Bonchev–Trinajstić information content (AvgIpc) is 2.45. The summed E-state index contributed by atoms with van der Waals surface area (Å²) in [7, 11) is 0. The van der Waals surface area contributed by atoms with E-state index in [-0.39, 0.29) is 0 Å². The van der Waals surface area contributed by atoms with E-state index in [9.17, 15) is 0 Å². The third kappa shape index (κ3) is 4.84. The van der Waals surface area contributed by atoms with Crippen molar-refractivity contribution in [2.24, 2.45) is 5.92 Å². The Morgan fingerprint density at radius 2 is 2.00 bits per heavy atom. The normalized spacial score (nSPS) is 26.7. The number of likely N-dealkylation sites (N-methyl/N-ethyl adjacent to an activating group) is 1. The Morgan fingerprint density at radius 3 is 2.67 bits per heavy atom. The molecule has 1 atom stereocenters. The van der Waals surface area contributed by atoms with Gasteiger partial charge in [0.05, 0.1) is 19.8 Å². The van der Waals surface area contributed by atoms with Crippen molar-refractivity contribution in [3.05, 3.63) is 0 Å². The number of nitrogens with zero attached hydrogens (tertiary/aromatic N) is 2. The molecule has 4 heteroatoms. The van der Waals surface area contributed by atoms with Gasteiger partial charge in [-0.2, -0.15) is 0 Å². The summed E-state index contributed by atoms with van der Waals surface area (Å²) >= 11 is 0. The van der Waals surface area contributed by atoms with Crippen molar-refractivity contribution in [1.29, 1.82) is 0 Å². The largest absolute Gasteiger partial charge is 0.381 e. The zero-order valence-corrected chi connectivity index (χ0v) is 11.8. The third-order valence-corrected chi connectivity index (χ3v) is 4.05. The maximum absolute atomic E-state index is 5.57. The van der Waals surface area contributed by atoms with E-state index in [0.29, 0.717) is 0 Å². The summed E-state index contributed by atoms with van der Waals surface area (Å²) in [5.41, 5.74) is 0. The van der Waals surface area contributed by atoms with Crippen LogP contribution in [0.25, 0.3) is 0 Å². The van der Waals surface area contributed by atoms with Crippen molar-refractivity contribution in [3.8, 4) is 0 Å². The highest BCUT2D eigenvalue weighted by molar-refractivity contribution is 4.70. The first-order valence-corrected chi connectivity index (χ1v) is 7.48. The minimum Gasteiger partial charge on any atom is -0.381 e. The smallest absolute Gasteiger partial charge is 0.0594 e. The predicted octanol–water partition coefficient (Wildman–Crippen LogP) is 1.07. The van der Waals surface area contributed by atoms with Crippen LogP contribution in [0.1, 0.15) is 19.8 Å². The molecule has 0 aliphatic carbocycles. The Bertz CT molecular complexity index is 214. The molecular formula is C14H28N2O2. The molecule has 2 heterocycles. The minimum absolute atomic E-state index is 0.753. The minimum atomic E-state index is 0.753. The van der Waals surface area contributed by atoms with Crippen molar-refractivity contribution in [2.75, 3.05) is 65.7 Å². The molecule has 0 N–H and O–H groups in total. The van der Waals surface area contributed by atoms with E-state index in [1.54, 1.807) is 0 Å². The molecule has 0 aromatic carbocycles. The monoisotopic (exact) mass is 256 g/mol. The van der Waals surface area contributed by atoms with Crippen molar-refractivity contribution in [2.45, 2.75) is 19.8 Å². The molecule has 4 nitrogen and oxygen atoms in total. The van der Waals surface area contributed by atoms with Gasteiger partial charge in [-0.3, -0.25) is 4.90 Å². The number of hydrogen-bond acceptors (Lipinski definition) is 4. The van der Waals surface area contributed by atoms with Gasteiger partial charge >= 0.3 is 0 Å². The van der Waals surface area contributed by atoms with E-state index in [0.717, 1.165) is 52.0 Å². The summed E-state index contributed by atoms with van der Waals surface area (Å²) in [5.74, 6) is 0.753. The number of morpholine rings is 1. The van der Waals surface area contributed by atoms with E-state index < -0.39 is 0 Å². The van der Waals surface area contributed by atoms with Gasteiger partial charge < -0.3 is 14.4 Å². The third-order valence-electron chi connectivity index (χ3n) is 4.05. The molecule has 2 rings (SSSR count). The molecular weight excluding hydrogens is 228 g/mol. The van der Waals surface area contributed by atoms with Crippen molar-refractivity contribution in [3.63, 3.8) is 0 Å². The zero-order valence-electron chi connectivity index (χ0n) is 11.8. The molecule has 1 unspecified atom stereocenters. The molecule has 0 aromatic rings. The maximum Gasteiger partial charge on any atom is 0.0594 e. The second-order valence-corrected chi connectivity index (χ2v) is 5.43. The Hall–Kier alpha value is -0.160. The summed E-state index contributed by atoms with van der Waals surface area (Å²) in [6, 6.07) is 0. The van der Waals surface area contributed by atoms with Gasteiger partial charge in [0.15, 0.2) is 0 Å². The first kappa shape index (κ1) is 14.3. The molecule has 106 valence electrons. The topological polar surface area (TPSA) is 24.9 Å². The lowest BCUT2D eigenvalue weighted by atomic mass is 10.0. The van der Waals surface area contributed by atoms with Crippen LogP contribution in [0.15, 0.2) is 0 Å². The highest BCUT2D eigenvalue weighted by atomic mass is 16.5. The molecule has 2 saturated heterocycles. The Morgan fingerprint density at radius 1 is 1.17 bits per heavy atom. The molecule has 0 aromatic heterocycles. The predicted molar refractivity (Wildman–Crippen MR) is 72.9 cm³/mol. The lowest BCUT2D eigenvalue weighted by molar-refractivity contribution is 0.0236. The van der Waals surface area contributed by atoms with Crippen molar-refractivity contribution < 1.29 is 9.47 Å². The highest BCUT2D eigenvalue weighted by Crippen LogP contribution is 2.14. The summed E-state index contributed by atoms with van der Waals surface area (Å²) in [6.45, 7) is 13.0. The Balaban J connectivity index is 1.64. The summed E-state index contributed by atoms with van der Waals surface area (Å²) < 4.78 is 11.0. The molecule has 18 heavy (non-hydrogen) atoms. The molecule has 0 radical (unpaired) electrons. The summed E-state index contributed by atoms with van der Waals surface area (Å²) in [6.07, 6.45) is 2.58. The first-order valence-electron chi connectivity index (χ1n) is 7.48. The van der Waals surface area contributed by atoms with Crippen LogP contribution in [0.4, 0.5) is 0 Å². The molecule has 2 fully saturated rings. The van der Waals surface area contributed by atoms with Gasteiger partial charge in [0.1, 0.15) is 0 Å². The van der Waals surface area contributed by atoms with E-state index in [2.05, 4.69) is 16.7 Å².